The summed E-state index contributed by atoms with van der Waals surface area (Å²) in [5.74, 6) is -0.748. The van der Waals surface area contributed by atoms with Gasteiger partial charge in [-0.3, -0.25) is 9.59 Å². The van der Waals surface area contributed by atoms with Gasteiger partial charge in [0, 0.05) is 31.5 Å². The Kier molecular flexibility index (Phi) is 8.45. The lowest BCUT2D eigenvalue weighted by Gasteiger charge is -2.45. The van der Waals surface area contributed by atoms with E-state index in [1.807, 2.05) is 60.7 Å². The maximum Gasteiger partial charge on any atom is 0.407 e. The number of hydrogen-bond acceptors (Lipinski definition) is 6. The number of nitrogens with two attached hydrogens (primary N) is 1. The Morgan fingerprint density at radius 2 is 1.78 bits per heavy atom. The van der Waals surface area contributed by atoms with Crippen LogP contribution in [0.15, 0.2) is 60.7 Å². The summed E-state index contributed by atoms with van der Waals surface area (Å²) in [6.07, 6.45) is 0.387. The first kappa shape index (κ1) is 26.6. The van der Waals surface area contributed by atoms with Crippen molar-refractivity contribution in [2.75, 3.05) is 19.7 Å². The van der Waals surface area contributed by atoms with Crippen LogP contribution >= 0.6 is 0 Å². The van der Waals surface area contributed by atoms with Crippen molar-refractivity contribution in [1.82, 2.24) is 15.5 Å². The normalized spacial score (nSPS) is 22.3. The van der Waals surface area contributed by atoms with Gasteiger partial charge in [0.2, 0.25) is 11.8 Å². The fourth-order valence-electron chi connectivity index (χ4n) is 4.80. The summed E-state index contributed by atoms with van der Waals surface area (Å²) in [5.41, 5.74) is 6.87. The molecule has 0 radical (unpaired) electrons. The summed E-state index contributed by atoms with van der Waals surface area (Å²) in [4.78, 5) is 40.3. The molecule has 0 spiro atoms. The van der Waals surface area contributed by atoms with Gasteiger partial charge in [-0.2, -0.15) is 0 Å². The molecule has 2 aromatic rings. The molecule has 2 fully saturated rings. The third-order valence-corrected chi connectivity index (χ3v) is 6.87. The topological polar surface area (TPSA) is 123 Å². The number of rotatable bonds is 9. The summed E-state index contributed by atoms with van der Waals surface area (Å²) < 4.78 is 11.5. The number of nitrogens with one attached hydrogen (secondary N) is 2. The van der Waals surface area contributed by atoms with Crippen LogP contribution in [0.5, 0.6) is 0 Å². The predicted molar refractivity (Wildman–Crippen MR) is 138 cm³/mol. The number of hydrogen-bond donors (Lipinski definition) is 3. The third-order valence-electron chi connectivity index (χ3n) is 6.87. The van der Waals surface area contributed by atoms with Crippen LogP contribution in [0.1, 0.15) is 31.4 Å². The van der Waals surface area contributed by atoms with Gasteiger partial charge in [-0.25, -0.2) is 4.79 Å². The Hall–Kier alpha value is -3.43. The zero-order chi connectivity index (χ0) is 26.4. The first-order valence-electron chi connectivity index (χ1n) is 12.7. The van der Waals surface area contributed by atoms with E-state index in [-0.39, 0.29) is 30.6 Å². The second-order valence-electron chi connectivity index (χ2n) is 10.4. The maximum atomic E-state index is 13.7. The predicted octanol–water partition coefficient (Wildman–Crippen LogP) is 1.99. The minimum absolute atomic E-state index is 0.0147. The van der Waals surface area contributed by atoms with E-state index in [4.69, 9.17) is 15.2 Å². The fraction of sp³-hybridized carbons (Fsp3) is 0.464. The van der Waals surface area contributed by atoms with Crippen LogP contribution in [0.3, 0.4) is 0 Å². The second-order valence-corrected chi connectivity index (χ2v) is 10.4. The molecule has 9 heteroatoms. The quantitative estimate of drug-likeness (QED) is 0.476. The fourth-order valence-corrected chi connectivity index (χ4v) is 4.80. The van der Waals surface area contributed by atoms with Crippen molar-refractivity contribution in [2.24, 2.45) is 11.7 Å². The van der Waals surface area contributed by atoms with Crippen molar-refractivity contribution in [3.05, 3.63) is 71.8 Å². The van der Waals surface area contributed by atoms with Gasteiger partial charge in [0.25, 0.3) is 0 Å². The van der Waals surface area contributed by atoms with Crippen LogP contribution in [-0.4, -0.2) is 66.2 Å². The highest BCUT2D eigenvalue weighted by atomic mass is 16.6. The third kappa shape index (κ3) is 7.08. The van der Waals surface area contributed by atoms with Crippen molar-refractivity contribution in [3.63, 3.8) is 0 Å². The molecule has 37 heavy (non-hydrogen) atoms. The number of carbonyl (C=O) groups excluding carboxylic acids is 3. The van der Waals surface area contributed by atoms with E-state index in [0.29, 0.717) is 32.5 Å². The highest BCUT2D eigenvalue weighted by molar-refractivity contribution is 5.91. The largest absolute Gasteiger partial charge is 0.445 e. The lowest BCUT2D eigenvalue weighted by molar-refractivity contribution is -0.142. The maximum absolute atomic E-state index is 13.7. The summed E-state index contributed by atoms with van der Waals surface area (Å²) in [7, 11) is 0. The molecular weight excluding hydrogens is 472 g/mol. The van der Waals surface area contributed by atoms with Gasteiger partial charge < -0.3 is 30.7 Å². The van der Waals surface area contributed by atoms with Crippen LogP contribution in [-0.2, 0) is 32.1 Å². The lowest BCUT2D eigenvalue weighted by atomic mass is 9.83. The molecular formula is C28H36N4O5. The summed E-state index contributed by atoms with van der Waals surface area (Å²) in [6, 6.07) is 18.5. The summed E-state index contributed by atoms with van der Waals surface area (Å²) in [5, 5.41) is 5.71. The molecule has 0 aliphatic carbocycles. The molecule has 2 saturated heterocycles. The average molecular weight is 509 g/mol. The van der Waals surface area contributed by atoms with Crippen LogP contribution in [0.4, 0.5) is 4.79 Å². The second kappa shape index (κ2) is 11.7. The van der Waals surface area contributed by atoms with Crippen molar-refractivity contribution in [2.45, 2.75) is 57.0 Å². The highest BCUT2D eigenvalue weighted by Gasteiger charge is 2.44. The van der Waals surface area contributed by atoms with E-state index in [2.05, 4.69) is 10.6 Å². The molecule has 0 saturated carbocycles. The number of benzene rings is 2. The smallest absolute Gasteiger partial charge is 0.407 e. The summed E-state index contributed by atoms with van der Waals surface area (Å²) >= 11 is 0. The van der Waals surface area contributed by atoms with E-state index < -0.39 is 23.6 Å². The molecule has 0 bridgehead atoms. The van der Waals surface area contributed by atoms with E-state index in [0.717, 1.165) is 11.1 Å². The summed E-state index contributed by atoms with van der Waals surface area (Å²) in [6.45, 7) is 4.37. The first-order valence-corrected chi connectivity index (χ1v) is 12.7. The van der Waals surface area contributed by atoms with Crippen LogP contribution in [0.2, 0.25) is 0 Å². The molecule has 4 unspecified atom stereocenters. The van der Waals surface area contributed by atoms with Gasteiger partial charge in [-0.1, -0.05) is 60.7 Å². The molecule has 4 rings (SSSR count). The van der Waals surface area contributed by atoms with Gasteiger partial charge in [-0.05, 0) is 31.4 Å². The molecule has 3 amide bonds. The SMILES string of the molecule is CC(C)(N)C(=O)NC(COCc1ccccc1)C(=O)N1CCC2NC(=O)OC(Cc3ccccc3)C2C1. The number of ether oxygens (including phenoxy) is 2. The van der Waals surface area contributed by atoms with Gasteiger partial charge in [-0.15, -0.1) is 0 Å². The Morgan fingerprint density at radius 3 is 2.43 bits per heavy atom. The monoisotopic (exact) mass is 508 g/mol. The van der Waals surface area contributed by atoms with Gasteiger partial charge in [0.1, 0.15) is 12.1 Å². The number of cyclic esters (lactones) is 1. The minimum Gasteiger partial charge on any atom is -0.445 e. The van der Waals surface area contributed by atoms with Gasteiger partial charge in [0.05, 0.1) is 18.8 Å². The molecule has 198 valence electrons. The Morgan fingerprint density at radius 1 is 1.14 bits per heavy atom. The average Bonchev–Trinajstić information content (AvgIpc) is 2.88. The number of piperidine rings is 1. The van der Waals surface area contributed by atoms with E-state index >= 15 is 0 Å². The number of likely N-dealkylation sites (tertiary alicyclic amines) is 1. The standard InChI is InChI=1S/C28H36N4O5/c1-28(2,29)26(34)30-23(18-36-17-20-11-7-4-8-12-20)25(33)32-14-13-22-21(16-32)24(37-27(35)31-22)15-19-9-5-3-6-10-19/h3-12,21-24H,13-18,29H2,1-2H3,(H,30,34)(H,31,35). The van der Waals surface area contributed by atoms with Crippen LogP contribution < -0.4 is 16.4 Å². The molecule has 4 N–H and O–H groups in total. The molecule has 9 nitrogen and oxygen atoms in total. The lowest BCUT2D eigenvalue weighted by Crippen LogP contribution is -2.64. The molecule has 2 aromatic carbocycles. The van der Waals surface area contributed by atoms with Gasteiger partial charge in [0.15, 0.2) is 0 Å². The Balaban J connectivity index is 1.45. The molecule has 2 heterocycles. The van der Waals surface area contributed by atoms with E-state index in [1.165, 1.54) is 0 Å². The Labute approximate surface area is 217 Å². The number of carbonyl (C=O) groups is 3. The Bertz CT molecular complexity index is 1070. The number of nitrogens with zero attached hydrogens (tertiary/aromatic N) is 1. The van der Waals surface area contributed by atoms with E-state index in [1.54, 1.807) is 18.7 Å². The van der Waals surface area contributed by atoms with E-state index in [9.17, 15) is 14.4 Å². The van der Waals surface area contributed by atoms with Crippen LogP contribution in [0, 0.1) is 5.92 Å². The number of fused-ring (bicyclic) bond motifs is 1. The number of amides is 3. The highest BCUT2D eigenvalue weighted by Crippen LogP contribution is 2.29. The molecule has 2 aliphatic heterocycles. The molecule has 2 aliphatic rings. The van der Waals surface area contributed by atoms with Crippen molar-refractivity contribution < 1.29 is 23.9 Å². The van der Waals surface area contributed by atoms with Crippen molar-refractivity contribution in [1.29, 1.82) is 0 Å². The molecule has 4 atom stereocenters. The van der Waals surface area contributed by atoms with Crippen molar-refractivity contribution in [3.8, 4) is 0 Å². The van der Waals surface area contributed by atoms with Gasteiger partial charge >= 0.3 is 6.09 Å². The number of alkyl carbamates (subject to hydrolysis) is 1. The molecule has 0 aromatic heterocycles. The van der Waals surface area contributed by atoms with Crippen molar-refractivity contribution >= 4 is 17.9 Å². The van der Waals surface area contributed by atoms with Crippen LogP contribution in [0.25, 0.3) is 0 Å². The minimum atomic E-state index is -1.15. The zero-order valence-electron chi connectivity index (χ0n) is 21.4. The first-order chi connectivity index (χ1) is 17.7. The zero-order valence-corrected chi connectivity index (χ0v) is 21.4.